The summed E-state index contributed by atoms with van der Waals surface area (Å²) < 4.78 is 20.9. The monoisotopic (exact) mass is 137 g/mol. The van der Waals surface area contributed by atoms with E-state index in [0.717, 1.165) is 6.26 Å². The summed E-state index contributed by atoms with van der Waals surface area (Å²) in [6.07, 6.45) is 1.62. The minimum atomic E-state index is -2.98. The molecule has 0 heterocycles. The molecule has 0 aromatic carbocycles. The van der Waals surface area contributed by atoms with Crippen LogP contribution in [0.25, 0.3) is 0 Å². The second kappa shape index (κ2) is 2.46. The van der Waals surface area contributed by atoms with E-state index in [1.54, 1.807) is 6.92 Å². The number of sulfone groups is 1. The number of hydrogen-bond donors (Lipinski definition) is 1. The van der Waals surface area contributed by atoms with E-state index in [2.05, 4.69) is 0 Å². The van der Waals surface area contributed by atoms with E-state index in [9.17, 15) is 8.42 Å². The number of rotatable bonds is 2. The van der Waals surface area contributed by atoms with Gasteiger partial charge in [0, 0.05) is 6.26 Å². The molecule has 0 amide bonds. The maximum absolute atomic E-state index is 10.4. The van der Waals surface area contributed by atoms with Crippen LogP contribution in [-0.4, -0.2) is 20.0 Å². The van der Waals surface area contributed by atoms with Gasteiger partial charge in [0.1, 0.15) is 5.37 Å². The van der Waals surface area contributed by atoms with Gasteiger partial charge in [-0.1, -0.05) is 6.92 Å². The number of nitrogens with two attached hydrogens (primary N) is 1. The third-order valence-corrected chi connectivity index (χ3v) is 2.39. The van der Waals surface area contributed by atoms with Crippen LogP contribution in [0.15, 0.2) is 0 Å². The zero-order valence-electron chi connectivity index (χ0n) is 5.09. The normalized spacial score (nSPS) is 15.9. The van der Waals surface area contributed by atoms with E-state index in [1.165, 1.54) is 0 Å². The van der Waals surface area contributed by atoms with Gasteiger partial charge in [0.2, 0.25) is 0 Å². The molecular weight excluding hydrogens is 126 g/mol. The van der Waals surface area contributed by atoms with E-state index in [0.29, 0.717) is 6.42 Å². The molecular formula is C4H11NO2S. The fraction of sp³-hybridized carbons (Fsp3) is 1.00. The van der Waals surface area contributed by atoms with Crippen LogP contribution in [0.4, 0.5) is 0 Å². The van der Waals surface area contributed by atoms with Crippen molar-refractivity contribution in [3.63, 3.8) is 0 Å². The van der Waals surface area contributed by atoms with Gasteiger partial charge < -0.3 is 5.73 Å². The van der Waals surface area contributed by atoms with Crippen molar-refractivity contribution in [3.05, 3.63) is 0 Å². The fourth-order valence-corrected chi connectivity index (χ4v) is 0.908. The maximum Gasteiger partial charge on any atom is 0.163 e. The summed E-state index contributed by atoms with van der Waals surface area (Å²) in [6, 6.07) is 0. The summed E-state index contributed by atoms with van der Waals surface area (Å²) in [7, 11) is -2.98. The van der Waals surface area contributed by atoms with Gasteiger partial charge in [0.25, 0.3) is 0 Å². The molecule has 0 aromatic heterocycles. The first-order valence-electron chi connectivity index (χ1n) is 2.43. The Morgan fingerprint density at radius 1 is 1.62 bits per heavy atom. The van der Waals surface area contributed by atoms with E-state index in [1.807, 2.05) is 0 Å². The van der Waals surface area contributed by atoms with Crippen molar-refractivity contribution in [2.24, 2.45) is 5.73 Å². The van der Waals surface area contributed by atoms with Gasteiger partial charge in [-0.25, -0.2) is 8.42 Å². The standard InChI is InChI=1S/C4H11NO2S/c1-3-4(5)8(2,6)7/h4H,3,5H2,1-2H3. The third-order valence-electron chi connectivity index (χ3n) is 0.952. The maximum atomic E-state index is 10.4. The summed E-state index contributed by atoms with van der Waals surface area (Å²) in [5.41, 5.74) is 5.16. The van der Waals surface area contributed by atoms with Crippen molar-refractivity contribution < 1.29 is 8.42 Å². The molecule has 0 bridgehead atoms. The van der Waals surface area contributed by atoms with Crippen molar-refractivity contribution in [2.45, 2.75) is 18.7 Å². The lowest BCUT2D eigenvalue weighted by atomic mass is 10.5. The summed E-state index contributed by atoms with van der Waals surface area (Å²) in [5, 5.41) is -0.678. The SMILES string of the molecule is CCC(N)S(C)(=O)=O. The molecule has 4 heteroatoms. The Balaban J connectivity index is 4.04. The molecule has 0 aliphatic heterocycles. The van der Waals surface area contributed by atoms with Crippen LogP contribution in [0.1, 0.15) is 13.3 Å². The van der Waals surface area contributed by atoms with E-state index in [-0.39, 0.29) is 0 Å². The Kier molecular flexibility index (Phi) is 2.43. The Bertz CT molecular complexity index is 149. The van der Waals surface area contributed by atoms with Crippen LogP contribution in [0.2, 0.25) is 0 Å². The molecule has 0 saturated carbocycles. The first-order valence-corrected chi connectivity index (χ1v) is 4.38. The van der Waals surface area contributed by atoms with Gasteiger partial charge in [-0.05, 0) is 6.42 Å². The molecule has 1 atom stereocenters. The van der Waals surface area contributed by atoms with Gasteiger partial charge in [0.05, 0.1) is 0 Å². The minimum Gasteiger partial charge on any atom is -0.315 e. The second-order valence-corrected chi connectivity index (χ2v) is 4.04. The molecule has 0 fully saturated rings. The highest BCUT2D eigenvalue weighted by Crippen LogP contribution is 1.93. The first kappa shape index (κ1) is 7.91. The van der Waals surface area contributed by atoms with Gasteiger partial charge in [0.15, 0.2) is 9.84 Å². The lowest BCUT2D eigenvalue weighted by Gasteiger charge is -2.02. The van der Waals surface area contributed by atoms with Crippen LogP contribution in [0.3, 0.4) is 0 Å². The summed E-state index contributed by atoms with van der Waals surface area (Å²) in [4.78, 5) is 0. The lowest BCUT2D eigenvalue weighted by molar-refractivity contribution is 0.584. The van der Waals surface area contributed by atoms with Crippen LogP contribution >= 0.6 is 0 Å². The molecule has 0 saturated heterocycles. The van der Waals surface area contributed by atoms with E-state index in [4.69, 9.17) is 5.73 Å². The Morgan fingerprint density at radius 2 is 2.00 bits per heavy atom. The van der Waals surface area contributed by atoms with Crippen LogP contribution in [0.5, 0.6) is 0 Å². The quantitative estimate of drug-likeness (QED) is 0.569. The zero-order chi connectivity index (χ0) is 6.78. The minimum absolute atomic E-state index is 0.485. The van der Waals surface area contributed by atoms with Crippen molar-refractivity contribution in [1.29, 1.82) is 0 Å². The predicted molar refractivity (Wildman–Crippen MR) is 33.1 cm³/mol. The van der Waals surface area contributed by atoms with Gasteiger partial charge >= 0.3 is 0 Å². The van der Waals surface area contributed by atoms with Crippen molar-refractivity contribution in [1.82, 2.24) is 0 Å². The van der Waals surface area contributed by atoms with Gasteiger partial charge in [-0.15, -0.1) is 0 Å². The highest BCUT2D eigenvalue weighted by atomic mass is 32.2. The summed E-state index contributed by atoms with van der Waals surface area (Å²) in [5.74, 6) is 0. The lowest BCUT2D eigenvalue weighted by Crippen LogP contribution is -2.28. The van der Waals surface area contributed by atoms with Crippen molar-refractivity contribution >= 4 is 9.84 Å². The third kappa shape index (κ3) is 2.28. The number of hydrogen-bond acceptors (Lipinski definition) is 3. The highest BCUT2D eigenvalue weighted by Gasteiger charge is 2.10. The Hall–Kier alpha value is -0.0900. The van der Waals surface area contributed by atoms with Gasteiger partial charge in [-0.3, -0.25) is 0 Å². The Labute approximate surface area is 49.8 Å². The second-order valence-electron chi connectivity index (χ2n) is 1.78. The molecule has 0 aliphatic carbocycles. The smallest absolute Gasteiger partial charge is 0.163 e. The predicted octanol–water partition coefficient (Wildman–Crippen LogP) is -0.274. The van der Waals surface area contributed by atoms with Crippen molar-refractivity contribution in [3.8, 4) is 0 Å². The summed E-state index contributed by atoms with van der Waals surface area (Å²) >= 11 is 0. The molecule has 2 N–H and O–H groups in total. The molecule has 0 radical (unpaired) electrons. The highest BCUT2D eigenvalue weighted by molar-refractivity contribution is 7.91. The van der Waals surface area contributed by atoms with E-state index >= 15 is 0 Å². The fourth-order valence-electron chi connectivity index (χ4n) is 0.303. The molecule has 1 unspecified atom stereocenters. The molecule has 8 heavy (non-hydrogen) atoms. The molecule has 0 aromatic rings. The molecule has 0 spiro atoms. The topological polar surface area (TPSA) is 60.2 Å². The van der Waals surface area contributed by atoms with E-state index < -0.39 is 15.2 Å². The van der Waals surface area contributed by atoms with Gasteiger partial charge in [-0.2, -0.15) is 0 Å². The van der Waals surface area contributed by atoms with Crippen LogP contribution < -0.4 is 5.73 Å². The first-order chi connectivity index (χ1) is 3.48. The Morgan fingerprint density at radius 3 is 2.00 bits per heavy atom. The average Bonchev–Trinajstić information content (AvgIpc) is 1.62. The molecule has 0 rings (SSSR count). The average molecular weight is 137 g/mol. The largest absolute Gasteiger partial charge is 0.315 e. The molecule has 50 valence electrons. The van der Waals surface area contributed by atoms with Crippen LogP contribution in [0, 0.1) is 0 Å². The summed E-state index contributed by atoms with van der Waals surface area (Å²) in [6.45, 7) is 1.74. The van der Waals surface area contributed by atoms with Crippen molar-refractivity contribution in [2.75, 3.05) is 6.26 Å². The van der Waals surface area contributed by atoms with Crippen LogP contribution in [-0.2, 0) is 9.84 Å². The molecule has 3 nitrogen and oxygen atoms in total. The molecule has 0 aliphatic rings. The zero-order valence-corrected chi connectivity index (χ0v) is 5.90.